The molecule has 1 nitrogen and oxygen atoms in total. The van der Waals surface area contributed by atoms with Crippen LogP contribution < -0.4 is 4.90 Å². The molecule has 1 heteroatoms. The summed E-state index contributed by atoms with van der Waals surface area (Å²) in [5.41, 5.74) is 6.18. The molecule has 7 aromatic rings. The van der Waals surface area contributed by atoms with Crippen molar-refractivity contribution in [2.45, 2.75) is 13.8 Å². The van der Waals surface area contributed by atoms with Crippen LogP contribution in [0.25, 0.3) is 43.1 Å². The maximum absolute atomic E-state index is 2.49. The highest BCUT2D eigenvalue weighted by molar-refractivity contribution is 6.18. The van der Waals surface area contributed by atoms with Gasteiger partial charge in [0.25, 0.3) is 0 Å². The van der Waals surface area contributed by atoms with Crippen LogP contribution in [-0.2, 0) is 0 Å². The second-order valence-corrected chi connectivity index (χ2v) is 9.88. The van der Waals surface area contributed by atoms with Gasteiger partial charge >= 0.3 is 0 Å². The molecule has 0 aliphatic rings. The van der Waals surface area contributed by atoms with Gasteiger partial charge < -0.3 is 4.90 Å². The normalized spacial score (nSPS) is 11.5. The molecule has 7 aromatic carbocycles. The first-order chi connectivity index (χ1) is 18.2. The Balaban J connectivity index is 1.67. The summed E-state index contributed by atoms with van der Waals surface area (Å²) in [6.45, 7) is 4.44. The van der Waals surface area contributed by atoms with Crippen LogP contribution in [0.2, 0.25) is 0 Å². The lowest BCUT2D eigenvalue weighted by Crippen LogP contribution is -2.13. The highest BCUT2D eigenvalue weighted by Crippen LogP contribution is 2.46. The van der Waals surface area contributed by atoms with Gasteiger partial charge in [0.05, 0.1) is 11.4 Å². The molecular formula is C36H27N. The predicted octanol–water partition coefficient (Wildman–Crippen LogP) is 10.4. The molecule has 0 fully saturated rings. The first kappa shape index (κ1) is 21.6. The Labute approximate surface area is 217 Å². The third kappa shape index (κ3) is 3.39. The van der Waals surface area contributed by atoms with E-state index in [4.69, 9.17) is 0 Å². The van der Waals surface area contributed by atoms with E-state index >= 15 is 0 Å². The van der Waals surface area contributed by atoms with Gasteiger partial charge in [0.1, 0.15) is 0 Å². The minimum Gasteiger partial charge on any atom is -0.309 e. The van der Waals surface area contributed by atoms with Crippen LogP contribution in [0.1, 0.15) is 11.1 Å². The van der Waals surface area contributed by atoms with Crippen LogP contribution in [0.4, 0.5) is 17.1 Å². The van der Waals surface area contributed by atoms with Gasteiger partial charge in [0, 0.05) is 16.5 Å². The van der Waals surface area contributed by atoms with Crippen LogP contribution in [0.5, 0.6) is 0 Å². The first-order valence-electron chi connectivity index (χ1n) is 12.9. The molecule has 0 bridgehead atoms. The molecule has 7 rings (SSSR count). The standard InChI is InChI=1S/C36H27N/c1-24-12-11-21-34(25(24)2)37(35-22-26-13-3-5-15-28(26)30-17-7-9-19-32(30)35)36-23-27-14-4-6-16-29(27)31-18-8-10-20-33(31)36/h3-23H,1-2H3. The predicted molar refractivity (Wildman–Crippen MR) is 161 cm³/mol. The number of fused-ring (bicyclic) bond motifs is 6. The summed E-state index contributed by atoms with van der Waals surface area (Å²) in [5, 5.41) is 10.1. The molecule has 0 saturated heterocycles. The minimum atomic E-state index is 1.20. The van der Waals surface area contributed by atoms with E-state index in [0.717, 1.165) is 0 Å². The van der Waals surface area contributed by atoms with Crippen molar-refractivity contribution in [3.63, 3.8) is 0 Å². The number of nitrogens with zero attached hydrogens (tertiary/aromatic N) is 1. The average molecular weight is 474 g/mol. The van der Waals surface area contributed by atoms with E-state index in [9.17, 15) is 0 Å². The lowest BCUT2D eigenvalue weighted by molar-refractivity contribution is 1.24. The van der Waals surface area contributed by atoms with Crippen molar-refractivity contribution in [3.05, 3.63) is 139 Å². The zero-order chi connectivity index (χ0) is 24.9. The van der Waals surface area contributed by atoms with Crippen molar-refractivity contribution >= 4 is 60.2 Å². The second kappa shape index (κ2) is 8.50. The van der Waals surface area contributed by atoms with Gasteiger partial charge in [-0.3, -0.25) is 0 Å². The van der Waals surface area contributed by atoms with E-state index in [1.165, 1.54) is 71.3 Å². The minimum absolute atomic E-state index is 1.20. The number of hydrogen-bond donors (Lipinski definition) is 0. The molecule has 0 atom stereocenters. The summed E-state index contributed by atoms with van der Waals surface area (Å²) in [6, 6.07) is 46.4. The van der Waals surface area contributed by atoms with Crippen molar-refractivity contribution in [2.75, 3.05) is 4.90 Å². The molecule has 176 valence electrons. The molecule has 0 heterocycles. The zero-order valence-electron chi connectivity index (χ0n) is 21.1. The lowest BCUT2D eigenvalue weighted by Gasteiger charge is -2.31. The third-order valence-electron chi connectivity index (χ3n) is 7.79. The zero-order valence-corrected chi connectivity index (χ0v) is 21.1. The number of hydrogen-bond acceptors (Lipinski definition) is 1. The van der Waals surface area contributed by atoms with E-state index in [0.29, 0.717) is 0 Å². The summed E-state index contributed by atoms with van der Waals surface area (Å²) < 4.78 is 0. The van der Waals surface area contributed by atoms with Crippen molar-refractivity contribution < 1.29 is 0 Å². The molecule has 0 aromatic heterocycles. The van der Waals surface area contributed by atoms with Crippen LogP contribution >= 0.6 is 0 Å². The molecule has 0 unspecified atom stereocenters. The van der Waals surface area contributed by atoms with Gasteiger partial charge in [-0.05, 0) is 75.5 Å². The topological polar surface area (TPSA) is 3.24 Å². The summed E-state index contributed by atoms with van der Waals surface area (Å²) in [4.78, 5) is 2.49. The molecule has 0 spiro atoms. The Hall–Kier alpha value is -4.62. The van der Waals surface area contributed by atoms with Gasteiger partial charge in [-0.25, -0.2) is 0 Å². The van der Waals surface area contributed by atoms with Crippen LogP contribution in [0.3, 0.4) is 0 Å². The summed E-state index contributed by atoms with van der Waals surface area (Å²) in [7, 11) is 0. The SMILES string of the molecule is Cc1cccc(N(c2cc3ccccc3c3ccccc23)c2cc3ccccc3c3ccccc23)c1C. The number of aryl methyl sites for hydroxylation is 1. The van der Waals surface area contributed by atoms with E-state index in [-0.39, 0.29) is 0 Å². The molecule has 37 heavy (non-hydrogen) atoms. The lowest BCUT2D eigenvalue weighted by atomic mass is 9.95. The van der Waals surface area contributed by atoms with E-state index in [1.807, 2.05) is 0 Å². The quantitative estimate of drug-likeness (QED) is 0.231. The smallest absolute Gasteiger partial charge is 0.0546 e. The Morgan fingerprint density at radius 1 is 0.378 bits per heavy atom. The van der Waals surface area contributed by atoms with Crippen molar-refractivity contribution in [1.82, 2.24) is 0 Å². The fourth-order valence-corrected chi connectivity index (χ4v) is 5.81. The molecule has 0 amide bonds. The highest BCUT2D eigenvalue weighted by atomic mass is 15.1. The average Bonchev–Trinajstić information content (AvgIpc) is 2.95. The Morgan fingerprint density at radius 3 is 1.32 bits per heavy atom. The van der Waals surface area contributed by atoms with E-state index in [1.54, 1.807) is 0 Å². The van der Waals surface area contributed by atoms with Gasteiger partial charge in [-0.1, -0.05) is 109 Å². The van der Waals surface area contributed by atoms with Crippen LogP contribution in [0, 0.1) is 13.8 Å². The highest BCUT2D eigenvalue weighted by Gasteiger charge is 2.21. The molecule has 0 radical (unpaired) electrons. The largest absolute Gasteiger partial charge is 0.309 e. The first-order valence-corrected chi connectivity index (χ1v) is 12.9. The third-order valence-corrected chi connectivity index (χ3v) is 7.79. The maximum atomic E-state index is 2.49. The molecular weight excluding hydrogens is 446 g/mol. The van der Waals surface area contributed by atoms with Crippen molar-refractivity contribution in [3.8, 4) is 0 Å². The summed E-state index contributed by atoms with van der Waals surface area (Å²) in [6.07, 6.45) is 0. The fraction of sp³-hybridized carbons (Fsp3) is 0.0556. The molecule has 0 aliphatic carbocycles. The van der Waals surface area contributed by atoms with E-state index < -0.39 is 0 Å². The maximum Gasteiger partial charge on any atom is 0.0546 e. The second-order valence-electron chi connectivity index (χ2n) is 9.88. The van der Waals surface area contributed by atoms with E-state index in [2.05, 4.69) is 146 Å². The van der Waals surface area contributed by atoms with Crippen LogP contribution in [0.15, 0.2) is 127 Å². The number of benzene rings is 7. The number of anilines is 3. The summed E-state index contributed by atoms with van der Waals surface area (Å²) in [5.74, 6) is 0. The molecule has 0 aliphatic heterocycles. The van der Waals surface area contributed by atoms with Gasteiger partial charge in [0.2, 0.25) is 0 Å². The van der Waals surface area contributed by atoms with Gasteiger partial charge in [-0.15, -0.1) is 0 Å². The molecule has 0 N–H and O–H groups in total. The summed E-state index contributed by atoms with van der Waals surface area (Å²) >= 11 is 0. The Morgan fingerprint density at radius 2 is 0.811 bits per heavy atom. The van der Waals surface area contributed by atoms with Crippen molar-refractivity contribution in [2.24, 2.45) is 0 Å². The number of rotatable bonds is 3. The van der Waals surface area contributed by atoms with Gasteiger partial charge in [-0.2, -0.15) is 0 Å². The van der Waals surface area contributed by atoms with Gasteiger partial charge in [0.15, 0.2) is 0 Å². The Kier molecular flexibility index (Phi) is 4.97. The fourth-order valence-electron chi connectivity index (χ4n) is 5.81. The molecule has 0 saturated carbocycles. The van der Waals surface area contributed by atoms with Crippen molar-refractivity contribution in [1.29, 1.82) is 0 Å². The monoisotopic (exact) mass is 473 g/mol. The van der Waals surface area contributed by atoms with Crippen LogP contribution in [-0.4, -0.2) is 0 Å². The Bertz CT molecular complexity index is 1850.